The summed E-state index contributed by atoms with van der Waals surface area (Å²) in [6, 6.07) is 10.4. The Morgan fingerprint density at radius 1 is 1.35 bits per heavy atom. The molecule has 1 aromatic rings. The van der Waals surface area contributed by atoms with Gasteiger partial charge in [-0.3, -0.25) is 0 Å². The third-order valence-corrected chi connectivity index (χ3v) is 3.75. The standard InChI is InChI=1S/C15H23NO/c1-3-16-12-15(2)9-14(15)11-17-10-13-7-5-4-6-8-13/h4-8,14,16H,3,9-12H2,1-2H3/t14-,15+/m1/s1. The first-order chi connectivity index (χ1) is 8.24. The van der Waals surface area contributed by atoms with Crippen LogP contribution in [0.15, 0.2) is 30.3 Å². The molecule has 0 saturated heterocycles. The van der Waals surface area contributed by atoms with Crippen molar-refractivity contribution in [2.45, 2.75) is 26.9 Å². The fourth-order valence-corrected chi connectivity index (χ4v) is 2.28. The molecule has 2 atom stereocenters. The van der Waals surface area contributed by atoms with E-state index < -0.39 is 0 Å². The van der Waals surface area contributed by atoms with E-state index in [1.807, 2.05) is 6.07 Å². The lowest BCUT2D eigenvalue weighted by molar-refractivity contribution is 0.102. The zero-order valence-corrected chi connectivity index (χ0v) is 10.9. The van der Waals surface area contributed by atoms with Crippen molar-refractivity contribution in [2.24, 2.45) is 11.3 Å². The molecule has 0 amide bonds. The maximum atomic E-state index is 5.79. The first kappa shape index (κ1) is 12.6. The number of hydrogen-bond acceptors (Lipinski definition) is 2. The molecule has 0 bridgehead atoms. The molecule has 1 fully saturated rings. The van der Waals surface area contributed by atoms with Crippen molar-refractivity contribution >= 4 is 0 Å². The highest BCUT2D eigenvalue weighted by molar-refractivity contribution is 5.13. The summed E-state index contributed by atoms with van der Waals surface area (Å²) in [6.45, 7) is 8.35. The van der Waals surface area contributed by atoms with Crippen LogP contribution in [-0.2, 0) is 11.3 Å². The van der Waals surface area contributed by atoms with Gasteiger partial charge in [0.1, 0.15) is 0 Å². The van der Waals surface area contributed by atoms with E-state index in [9.17, 15) is 0 Å². The summed E-state index contributed by atoms with van der Waals surface area (Å²) >= 11 is 0. The highest BCUT2D eigenvalue weighted by Crippen LogP contribution is 2.51. The number of rotatable bonds is 7. The SMILES string of the molecule is CCNC[C@]1(C)C[C@@H]1COCc1ccccc1. The van der Waals surface area contributed by atoms with Crippen LogP contribution in [0.4, 0.5) is 0 Å². The van der Waals surface area contributed by atoms with Gasteiger partial charge in [-0.25, -0.2) is 0 Å². The molecule has 0 heterocycles. The second-order valence-corrected chi connectivity index (χ2v) is 5.34. The second kappa shape index (κ2) is 5.65. The van der Waals surface area contributed by atoms with E-state index in [4.69, 9.17) is 4.74 Å². The van der Waals surface area contributed by atoms with Gasteiger partial charge in [0.05, 0.1) is 13.2 Å². The monoisotopic (exact) mass is 233 g/mol. The first-order valence-electron chi connectivity index (χ1n) is 6.57. The normalized spacial score (nSPS) is 27.1. The van der Waals surface area contributed by atoms with E-state index in [1.165, 1.54) is 12.0 Å². The van der Waals surface area contributed by atoms with Crippen molar-refractivity contribution in [3.63, 3.8) is 0 Å². The molecule has 0 aliphatic heterocycles. The van der Waals surface area contributed by atoms with Crippen molar-refractivity contribution in [1.29, 1.82) is 0 Å². The predicted octanol–water partition coefficient (Wildman–Crippen LogP) is 2.84. The van der Waals surface area contributed by atoms with Crippen LogP contribution < -0.4 is 5.32 Å². The lowest BCUT2D eigenvalue weighted by Gasteiger charge is -2.11. The number of benzene rings is 1. The average molecular weight is 233 g/mol. The summed E-state index contributed by atoms with van der Waals surface area (Å²) in [5, 5.41) is 3.43. The van der Waals surface area contributed by atoms with E-state index in [2.05, 4.69) is 43.4 Å². The van der Waals surface area contributed by atoms with Crippen LogP contribution in [0.25, 0.3) is 0 Å². The molecule has 2 rings (SSSR count). The van der Waals surface area contributed by atoms with Crippen molar-refractivity contribution in [3.05, 3.63) is 35.9 Å². The Morgan fingerprint density at radius 3 is 2.82 bits per heavy atom. The quantitative estimate of drug-likeness (QED) is 0.782. The lowest BCUT2D eigenvalue weighted by atomic mass is 10.1. The minimum Gasteiger partial charge on any atom is -0.376 e. The fraction of sp³-hybridized carbons (Fsp3) is 0.600. The summed E-state index contributed by atoms with van der Waals surface area (Å²) in [5.41, 5.74) is 1.74. The molecule has 0 unspecified atom stereocenters. The highest BCUT2D eigenvalue weighted by atomic mass is 16.5. The molecular weight excluding hydrogens is 210 g/mol. The Kier molecular flexibility index (Phi) is 4.19. The molecule has 0 aromatic heterocycles. The topological polar surface area (TPSA) is 21.3 Å². The van der Waals surface area contributed by atoms with Gasteiger partial charge in [-0.2, -0.15) is 0 Å². The molecular formula is C15H23NO. The zero-order chi connectivity index (χ0) is 12.1. The Bertz CT molecular complexity index is 338. The molecule has 94 valence electrons. The summed E-state index contributed by atoms with van der Waals surface area (Å²) in [5.74, 6) is 0.741. The summed E-state index contributed by atoms with van der Waals surface area (Å²) in [7, 11) is 0. The van der Waals surface area contributed by atoms with Gasteiger partial charge in [0, 0.05) is 6.54 Å². The summed E-state index contributed by atoms with van der Waals surface area (Å²) in [4.78, 5) is 0. The van der Waals surface area contributed by atoms with Crippen LogP contribution in [0.2, 0.25) is 0 Å². The zero-order valence-electron chi connectivity index (χ0n) is 10.9. The van der Waals surface area contributed by atoms with E-state index >= 15 is 0 Å². The van der Waals surface area contributed by atoms with Crippen molar-refractivity contribution in [1.82, 2.24) is 5.32 Å². The molecule has 1 aliphatic rings. The molecule has 1 saturated carbocycles. The number of hydrogen-bond donors (Lipinski definition) is 1. The average Bonchev–Trinajstić information content (AvgIpc) is 3.00. The highest BCUT2D eigenvalue weighted by Gasteiger charge is 2.49. The molecule has 1 aromatic carbocycles. The fourth-order valence-electron chi connectivity index (χ4n) is 2.28. The van der Waals surface area contributed by atoms with Crippen molar-refractivity contribution in [2.75, 3.05) is 19.7 Å². The summed E-state index contributed by atoms with van der Waals surface area (Å²) < 4.78 is 5.79. The van der Waals surface area contributed by atoms with Gasteiger partial charge in [0.2, 0.25) is 0 Å². The van der Waals surface area contributed by atoms with Crippen LogP contribution in [0, 0.1) is 11.3 Å². The van der Waals surface area contributed by atoms with Gasteiger partial charge in [-0.05, 0) is 29.9 Å². The van der Waals surface area contributed by atoms with Crippen LogP contribution in [0.5, 0.6) is 0 Å². The van der Waals surface area contributed by atoms with Gasteiger partial charge in [-0.15, -0.1) is 0 Å². The smallest absolute Gasteiger partial charge is 0.0717 e. The Hall–Kier alpha value is -0.860. The van der Waals surface area contributed by atoms with Gasteiger partial charge in [0.25, 0.3) is 0 Å². The minimum absolute atomic E-state index is 0.479. The maximum Gasteiger partial charge on any atom is 0.0717 e. The largest absolute Gasteiger partial charge is 0.376 e. The molecule has 2 heteroatoms. The van der Waals surface area contributed by atoms with Crippen molar-refractivity contribution in [3.8, 4) is 0 Å². The third-order valence-electron chi connectivity index (χ3n) is 3.75. The van der Waals surface area contributed by atoms with Gasteiger partial charge in [-0.1, -0.05) is 44.2 Å². The Balaban J connectivity index is 1.64. The van der Waals surface area contributed by atoms with E-state index in [0.29, 0.717) is 5.41 Å². The third kappa shape index (κ3) is 3.55. The first-order valence-corrected chi connectivity index (χ1v) is 6.57. The van der Waals surface area contributed by atoms with Gasteiger partial charge in [0.15, 0.2) is 0 Å². The Labute approximate surface area is 104 Å². The number of nitrogens with one attached hydrogen (secondary N) is 1. The van der Waals surface area contributed by atoms with Crippen LogP contribution >= 0.6 is 0 Å². The van der Waals surface area contributed by atoms with Crippen molar-refractivity contribution < 1.29 is 4.74 Å². The molecule has 1 aliphatic carbocycles. The number of ether oxygens (including phenoxy) is 1. The minimum atomic E-state index is 0.479. The predicted molar refractivity (Wildman–Crippen MR) is 70.9 cm³/mol. The van der Waals surface area contributed by atoms with Gasteiger partial charge < -0.3 is 10.1 Å². The lowest BCUT2D eigenvalue weighted by Crippen LogP contribution is -2.23. The van der Waals surface area contributed by atoms with Gasteiger partial charge >= 0.3 is 0 Å². The van der Waals surface area contributed by atoms with E-state index in [0.717, 1.165) is 32.2 Å². The van der Waals surface area contributed by atoms with Crippen LogP contribution in [0.3, 0.4) is 0 Å². The second-order valence-electron chi connectivity index (χ2n) is 5.34. The van der Waals surface area contributed by atoms with Crippen LogP contribution in [-0.4, -0.2) is 19.7 Å². The Morgan fingerprint density at radius 2 is 2.12 bits per heavy atom. The van der Waals surface area contributed by atoms with E-state index in [-0.39, 0.29) is 0 Å². The molecule has 0 radical (unpaired) electrons. The molecule has 1 N–H and O–H groups in total. The summed E-state index contributed by atoms with van der Waals surface area (Å²) in [6.07, 6.45) is 1.30. The molecule has 0 spiro atoms. The van der Waals surface area contributed by atoms with Crippen LogP contribution in [0.1, 0.15) is 25.8 Å². The van der Waals surface area contributed by atoms with E-state index in [1.54, 1.807) is 0 Å². The maximum absolute atomic E-state index is 5.79. The molecule has 2 nitrogen and oxygen atoms in total. The molecule has 17 heavy (non-hydrogen) atoms.